The lowest BCUT2D eigenvalue weighted by atomic mass is 10.2. The number of carbonyl (C=O) groups is 1. The van der Waals surface area contributed by atoms with E-state index in [9.17, 15) is 18.0 Å². The molecule has 6 nitrogen and oxygen atoms in total. The number of hydrogen-bond donors (Lipinski definition) is 2. The lowest BCUT2D eigenvalue weighted by molar-refractivity contribution is -0.153. The first kappa shape index (κ1) is 22.6. The van der Waals surface area contributed by atoms with Gasteiger partial charge in [0.15, 0.2) is 12.6 Å². The number of nitrogens with one attached hydrogen (secondary N) is 2. The first-order chi connectivity index (χ1) is 12.7. The van der Waals surface area contributed by atoms with Crippen molar-refractivity contribution in [2.75, 3.05) is 19.7 Å². The number of halogens is 3. The van der Waals surface area contributed by atoms with Crippen LogP contribution >= 0.6 is 0 Å². The van der Waals surface area contributed by atoms with Crippen LogP contribution in [0.25, 0.3) is 0 Å². The molecule has 9 heteroatoms. The molecule has 0 saturated heterocycles. The lowest BCUT2D eigenvalue weighted by Gasteiger charge is -2.12. The van der Waals surface area contributed by atoms with Gasteiger partial charge in [0.2, 0.25) is 0 Å². The van der Waals surface area contributed by atoms with Crippen molar-refractivity contribution in [1.82, 2.24) is 10.6 Å². The first-order valence-electron chi connectivity index (χ1n) is 8.69. The monoisotopic (exact) mass is 389 g/mol. The van der Waals surface area contributed by atoms with Crippen molar-refractivity contribution in [2.45, 2.75) is 46.0 Å². The van der Waals surface area contributed by atoms with Gasteiger partial charge in [-0.1, -0.05) is 12.1 Å². The van der Waals surface area contributed by atoms with Crippen LogP contribution in [-0.2, 0) is 16.1 Å². The van der Waals surface area contributed by atoms with Crippen molar-refractivity contribution in [3.05, 3.63) is 29.8 Å². The van der Waals surface area contributed by atoms with Crippen LogP contribution in [0, 0.1) is 0 Å². The van der Waals surface area contributed by atoms with Gasteiger partial charge in [0.1, 0.15) is 5.75 Å². The summed E-state index contributed by atoms with van der Waals surface area (Å²) in [5.74, 6) is 0.392. The van der Waals surface area contributed by atoms with Gasteiger partial charge in [0.25, 0.3) is 0 Å². The molecule has 152 valence electrons. The Kier molecular flexibility index (Phi) is 9.46. The van der Waals surface area contributed by atoms with Gasteiger partial charge in [-0.05, 0) is 38.5 Å². The predicted molar refractivity (Wildman–Crippen MR) is 96.7 cm³/mol. The second kappa shape index (κ2) is 11.3. The largest absolute Gasteiger partial charge is 0.484 e. The van der Waals surface area contributed by atoms with Crippen LogP contribution in [0.1, 0.15) is 32.8 Å². The van der Waals surface area contributed by atoms with E-state index in [4.69, 9.17) is 4.74 Å². The Morgan fingerprint density at radius 2 is 1.85 bits per heavy atom. The molecule has 1 aromatic rings. The van der Waals surface area contributed by atoms with E-state index >= 15 is 0 Å². The molecule has 0 saturated carbocycles. The molecule has 0 aliphatic heterocycles. The molecular weight excluding hydrogens is 363 g/mol. The maximum atomic E-state index is 12.1. The Labute approximate surface area is 157 Å². The average Bonchev–Trinajstić information content (AvgIpc) is 2.57. The summed E-state index contributed by atoms with van der Waals surface area (Å²) in [4.78, 5) is 15.9. The van der Waals surface area contributed by atoms with E-state index in [0.717, 1.165) is 5.56 Å². The SMILES string of the molecule is CCNC(=NCc1ccc(OCC(F)(F)F)cc1)NCCC(=O)OC(C)C. The fourth-order valence-electron chi connectivity index (χ4n) is 1.97. The summed E-state index contributed by atoms with van der Waals surface area (Å²) in [6.45, 7) is 5.52. The highest BCUT2D eigenvalue weighted by Crippen LogP contribution is 2.19. The minimum Gasteiger partial charge on any atom is -0.484 e. The summed E-state index contributed by atoms with van der Waals surface area (Å²) in [6.07, 6.45) is -4.30. The van der Waals surface area contributed by atoms with Gasteiger partial charge < -0.3 is 20.1 Å². The third-order valence-electron chi connectivity index (χ3n) is 3.08. The number of guanidine groups is 1. The highest BCUT2D eigenvalue weighted by molar-refractivity contribution is 5.80. The maximum absolute atomic E-state index is 12.1. The second-order valence-corrected chi connectivity index (χ2v) is 5.96. The van der Waals surface area contributed by atoms with E-state index in [-0.39, 0.29) is 24.2 Å². The molecule has 0 unspecified atom stereocenters. The van der Waals surface area contributed by atoms with Crippen LogP contribution < -0.4 is 15.4 Å². The van der Waals surface area contributed by atoms with Gasteiger partial charge in [-0.2, -0.15) is 13.2 Å². The summed E-state index contributed by atoms with van der Waals surface area (Å²) in [6, 6.07) is 6.25. The van der Waals surface area contributed by atoms with Crippen LogP contribution in [0.2, 0.25) is 0 Å². The standard InChI is InChI=1S/C18H26F3N3O3/c1-4-22-17(23-10-9-16(25)27-13(2)3)24-11-14-5-7-15(8-6-14)26-12-18(19,20)21/h5-8,13H,4,9-12H2,1-3H3,(H2,22,23,24). The maximum Gasteiger partial charge on any atom is 0.422 e. The molecule has 0 aliphatic rings. The smallest absolute Gasteiger partial charge is 0.422 e. The number of carbonyl (C=O) groups excluding carboxylic acids is 1. The lowest BCUT2D eigenvalue weighted by Crippen LogP contribution is -2.38. The van der Waals surface area contributed by atoms with E-state index in [1.165, 1.54) is 12.1 Å². The van der Waals surface area contributed by atoms with Gasteiger partial charge >= 0.3 is 12.1 Å². The fourth-order valence-corrected chi connectivity index (χ4v) is 1.97. The quantitative estimate of drug-likeness (QED) is 0.386. The Morgan fingerprint density at radius 3 is 2.41 bits per heavy atom. The minimum absolute atomic E-state index is 0.147. The molecule has 0 aromatic heterocycles. The molecule has 1 rings (SSSR count). The van der Waals surface area contributed by atoms with Gasteiger partial charge in [-0.15, -0.1) is 0 Å². The summed E-state index contributed by atoms with van der Waals surface area (Å²) < 4.78 is 46.1. The highest BCUT2D eigenvalue weighted by atomic mass is 19.4. The van der Waals surface area contributed by atoms with E-state index in [2.05, 4.69) is 20.4 Å². The molecule has 0 fully saturated rings. The number of rotatable bonds is 9. The Hall–Kier alpha value is -2.45. The summed E-state index contributed by atoms with van der Waals surface area (Å²) in [7, 11) is 0. The van der Waals surface area contributed by atoms with Crippen molar-refractivity contribution in [3.8, 4) is 5.75 Å². The van der Waals surface area contributed by atoms with E-state index in [1.807, 2.05) is 6.92 Å². The van der Waals surface area contributed by atoms with Crippen molar-refractivity contribution in [2.24, 2.45) is 4.99 Å². The predicted octanol–water partition coefficient (Wildman–Crippen LogP) is 3.02. The molecule has 0 amide bonds. The van der Waals surface area contributed by atoms with Crippen LogP contribution in [0.3, 0.4) is 0 Å². The molecule has 0 spiro atoms. The zero-order chi connectivity index (χ0) is 20.3. The van der Waals surface area contributed by atoms with Gasteiger partial charge in [0.05, 0.1) is 19.1 Å². The first-order valence-corrected chi connectivity index (χ1v) is 8.69. The molecular formula is C18H26F3N3O3. The molecule has 27 heavy (non-hydrogen) atoms. The fraction of sp³-hybridized carbons (Fsp3) is 0.556. The van der Waals surface area contributed by atoms with Crippen LogP contribution in [0.4, 0.5) is 13.2 Å². The molecule has 0 aliphatic carbocycles. The minimum atomic E-state index is -4.36. The summed E-state index contributed by atoms with van der Waals surface area (Å²) in [5, 5.41) is 6.08. The zero-order valence-electron chi connectivity index (χ0n) is 15.7. The third-order valence-corrected chi connectivity index (χ3v) is 3.08. The van der Waals surface area contributed by atoms with E-state index in [1.54, 1.807) is 26.0 Å². The number of benzene rings is 1. The molecule has 1 aromatic carbocycles. The van der Waals surface area contributed by atoms with Crippen molar-refractivity contribution >= 4 is 11.9 Å². The highest BCUT2D eigenvalue weighted by Gasteiger charge is 2.28. The molecule has 0 heterocycles. The van der Waals surface area contributed by atoms with Crippen molar-refractivity contribution in [1.29, 1.82) is 0 Å². The summed E-state index contributed by atoms with van der Waals surface area (Å²) in [5.41, 5.74) is 0.811. The van der Waals surface area contributed by atoms with Gasteiger partial charge in [-0.25, -0.2) is 4.99 Å². The molecule has 0 radical (unpaired) electrons. The normalized spacial score (nSPS) is 12.0. The van der Waals surface area contributed by atoms with Gasteiger partial charge in [0, 0.05) is 13.1 Å². The number of ether oxygens (including phenoxy) is 2. The van der Waals surface area contributed by atoms with Crippen molar-refractivity contribution in [3.63, 3.8) is 0 Å². The van der Waals surface area contributed by atoms with Crippen molar-refractivity contribution < 1.29 is 27.4 Å². The Balaban J connectivity index is 2.50. The van der Waals surface area contributed by atoms with E-state index in [0.29, 0.717) is 25.6 Å². The molecule has 0 atom stereocenters. The van der Waals surface area contributed by atoms with E-state index < -0.39 is 12.8 Å². The number of nitrogens with zero attached hydrogens (tertiary/aromatic N) is 1. The number of hydrogen-bond acceptors (Lipinski definition) is 4. The molecule has 0 bridgehead atoms. The third kappa shape index (κ3) is 11.0. The molecule has 2 N–H and O–H groups in total. The van der Waals surface area contributed by atoms with Gasteiger partial charge in [-0.3, -0.25) is 4.79 Å². The number of alkyl halides is 3. The topological polar surface area (TPSA) is 72.0 Å². The Bertz CT molecular complexity index is 602. The number of esters is 1. The second-order valence-electron chi connectivity index (χ2n) is 5.96. The average molecular weight is 389 g/mol. The zero-order valence-corrected chi connectivity index (χ0v) is 15.7. The van der Waals surface area contributed by atoms with Crippen LogP contribution in [0.5, 0.6) is 5.75 Å². The van der Waals surface area contributed by atoms with Crippen LogP contribution in [0.15, 0.2) is 29.3 Å². The Morgan fingerprint density at radius 1 is 1.19 bits per heavy atom. The summed E-state index contributed by atoms with van der Waals surface area (Å²) >= 11 is 0. The van der Waals surface area contributed by atoms with Crippen LogP contribution in [-0.4, -0.2) is 43.9 Å². The number of aliphatic imine (C=N–C) groups is 1.